The van der Waals surface area contributed by atoms with Gasteiger partial charge in [-0.2, -0.15) is 0 Å². The van der Waals surface area contributed by atoms with Crippen molar-refractivity contribution in [2.24, 2.45) is 0 Å². The van der Waals surface area contributed by atoms with Crippen LogP contribution in [0.2, 0.25) is 15.1 Å². The molecular weight excluding hydrogens is 695 g/mol. The van der Waals surface area contributed by atoms with Gasteiger partial charge in [0.1, 0.15) is 9.79 Å². The van der Waals surface area contributed by atoms with E-state index in [9.17, 15) is 33.7 Å². The minimum absolute atomic E-state index is 0.175. The van der Waals surface area contributed by atoms with E-state index in [0.717, 1.165) is 30.3 Å². The number of unbranched alkanes of at least 4 members (excludes halogenated alkanes) is 1. The lowest BCUT2D eigenvalue weighted by Gasteiger charge is -2.25. The first kappa shape index (κ1) is 34.5. The van der Waals surface area contributed by atoms with Crippen LogP contribution in [0.4, 0.5) is 5.69 Å². The van der Waals surface area contributed by atoms with Gasteiger partial charge in [0.2, 0.25) is 10.0 Å². The summed E-state index contributed by atoms with van der Waals surface area (Å²) in [6.45, 7) is 3.32. The van der Waals surface area contributed by atoms with Crippen LogP contribution >= 0.6 is 34.8 Å². The van der Waals surface area contributed by atoms with E-state index >= 15 is 0 Å². The fraction of sp³-hybridized carbons (Fsp3) is 0.217. The number of nitrogens with one attached hydrogen (secondary N) is 3. The molecule has 0 aliphatic carbocycles. The Kier molecular flexibility index (Phi) is 11.0. The summed E-state index contributed by atoms with van der Waals surface area (Å²) < 4.78 is 108. The Bertz CT molecular complexity index is 1910. The molecule has 0 saturated heterocycles. The molecule has 0 heterocycles. The molecule has 0 radical (unpaired) electrons. The molecule has 0 spiro atoms. The summed E-state index contributed by atoms with van der Waals surface area (Å²) in [6, 6.07) is 12.0. The normalized spacial score (nSPS) is 12.9. The number of nitrogens with zero attached hydrogens (tertiary/aromatic N) is 1. The molecule has 3 aromatic rings. The monoisotopic (exact) mass is 718 g/mol. The fourth-order valence-electron chi connectivity index (χ4n) is 3.36. The molecule has 0 aliphatic rings. The van der Waals surface area contributed by atoms with Crippen LogP contribution in [0.15, 0.2) is 75.4 Å². The van der Waals surface area contributed by atoms with Crippen LogP contribution in [0, 0.1) is 6.92 Å². The van der Waals surface area contributed by atoms with Crippen LogP contribution in [0.3, 0.4) is 0 Å². The second-order valence-corrected chi connectivity index (χ2v) is 16.9. The van der Waals surface area contributed by atoms with E-state index in [1.165, 1.54) is 30.3 Å². The zero-order chi connectivity index (χ0) is 31.5. The van der Waals surface area contributed by atoms with Gasteiger partial charge in [-0.15, -0.1) is 9.66 Å². The van der Waals surface area contributed by atoms with Gasteiger partial charge in [-0.05, 0) is 59.8 Å². The van der Waals surface area contributed by atoms with E-state index in [2.05, 4.69) is 4.72 Å². The summed E-state index contributed by atoms with van der Waals surface area (Å²) in [7, 11) is -19.1. The first-order chi connectivity index (χ1) is 19.4. The molecule has 230 valence electrons. The van der Waals surface area contributed by atoms with Crippen LogP contribution < -0.4 is 14.4 Å². The van der Waals surface area contributed by atoms with Gasteiger partial charge in [-0.3, -0.25) is 4.72 Å². The predicted octanol–water partition coefficient (Wildman–Crippen LogP) is 4.27. The van der Waals surface area contributed by atoms with E-state index in [-0.39, 0.29) is 26.7 Å². The number of hydrogen-bond acceptors (Lipinski definition) is 8. The average molecular weight is 720 g/mol. The van der Waals surface area contributed by atoms with Crippen molar-refractivity contribution in [1.29, 1.82) is 0 Å². The maximum absolute atomic E-state index is 14.0. The van der Waals surface area contributed by atoms with Crippen molar-refractivity contribution in [2.45, 2.75) is 41.4 Å². The molecule has 19 heteroatoms. The van der Waals surface area contributed by atoms with Crippen molar-refractivity contribution in [2.75, 3.05) is 10.5 Å². The summed E-state index contributed by atoms with van der Waals surface area (Å²) in [5.74, 6) is -0.331. The predicted molar refractivity (Wildman–Crippen MR) is 161 cm³/mol. The van der Waals surface area contributed by atoms with E-state index in [1.54, 1.807) is 23.5 Å². The molecular formula is C23H25Cl3N4O8S4. The smallest absolute Gasteiger partial charge is 0.273 e. The second kappa shape index (κ2) is 13.3. The van der Waals surface area contributed by atoms with Gasteiger partial charge in [-0.1, -0.05) is 72.4 Å². The van der Waals surface area contributed by atoms with Crippen molar-refractivity contribution in [1.82, 2.24) is 14.2 Å². The molecule has 3 aromatic carbocycles. The standard InChI is InChI=1S/C23H25Cl3N4O8S4/c1-3-4-12-39(31,32)27-20-13-16(2)10-11-21(20)42(37,38)30(28-40(33,34)18-8-6-5-7-9-18)29-41(35,36)22-15-17(24)14-19(25)23(22)26/h5-11,13-15,27-29H,3-4,12H2,1-2H3. The van der Waals surface area contributed by atoms with Gasteiger partial charge in [-0.25, -0.2) is 33.7 Å². The summed E-state index contributed by atoms with van der Waals surface area (Å²) in [5, 5.41) is -0.992. The van der Waals surface area contributed by atoms with Gasteiger partial charge in [0.05, 0.1) is 26.4 Å². The summed E-state index contributed by atoms with van der Waals surface area (Å²) in [4.78, 5) is 1.39. The zero-order valence-corrected chi connectivity index (χ0v) is 27.4. The molecule has 0 fully saturated rings. The number of sulfonamides is 4. The molecule has 0 atom stereocenters. The number of anilines is 1. The Morgan fingerprint density at radius 3 is 2.00 bits per heavy atom. The topological polar surface area (TPSA) is 176 Å². The van der Waals surface area contributed by atoms with E-state index in [1.807, 2.05) is 0 Å². The minimum Gasteiger partial charge on any atom is -0.282 e. The molecule has 42 heavy (non-hydrogen) atoms. The molecule has 12 nitrogen and oxygen atoms in total. The maximum atomic E-state index is 14.0. The lowest BCUT2D eigenvalue weighted by molar-refractivity contribution is 0.344. The van der Waals surface area contributed by atoms with Crippen LogP contribution in [-0.2, 0) is 40.1 Å². The summed E-state index contributed by atoms with van der Waals surface area (Å²) in [6.07, 6.45) is 0.807. The lowest BCUT2D eigenvalue weighted by Crippen LogP contribution is -2.55. The van der Waals surface area contributed by atoms with Gasteiger partial charge >= 0.3 is 0 Å². The van der Waals surface area contributed by atoms with Crippen LogP contribution in [0.5, 0.6) is 0 Å². The molecule has 0 amide bonds. The number of aryl methyl sites for hydroxylation is 1. The third kappa shape index (κ3) is 8.34. The average Bonchev–Trinajstić information content (AvgIpc) is 2.89. The van der Waals surface area contributed by atoms with Crippen LogP contribution in [-0.4, -0.2) is 43.9 Å². The summed E-state index contributed by atoms with van der Waals surface area (Å²) >= 11 is 17.9. The highest BCUT2D eigenvalue weighted by Gasteiger charge is 2.37. The number of benzene rings is 3. The Balaban J connectivity index is 2.21. The Morgan fingerprint density at radius 1 is 0.762 bits per heavy atom. The Morgan fingerprint density at radius 2 is 1.38 bits per heavy atom. The van der Waals surface area contributed by atoms with Gasteiger partial charge in [0, 0.05) is 5.02 Å². The third-order valence-corrected chi connectivity index (χ3v) is 12.3. The maximum Gasteiger partial charge on any atom is 0.273 e. The molecule has 0 aromatic heterocycles. The molecule has 3 rings (SSSR count). The van der Waals surface area contributed by atoms with Crippen molar-refractivity contribution in [3.63, 3.8) is 0 Å². The Hall–Kier alpha value is -1.99. The highest BCUT2D eigenvalue weighted by Crippen LogP contribution is 2.33. The number of hydrazine groups is 2. The van der Waals surface area contributed by atoms with E-state index < -0.39 is 65.5 Å². The zero-order valence-electron chi connectivity index (χ0n) is 21.9. The SMILES string of the molecule is CCCCS(=O)(=O)Nc1cc(C)ccc1S(=O)(=O)N(NS(=O)(=O)c1ccccc1)NS(=O)(=O)c1cc(Cl)cc(Cl)c1Cl. The molecule has 0 unspecified atom stereocenters. The van der Waals surface area contributed by atoms with Crippen molar-refractivity contribution in [3.8, 4) is 0 Å². The summed E-state index contributed by atoms with van der Waals surface area (Å²) in [5.41, 5.74) is -0.00229. The van der Waals surface area contributed by atoms with Gasteiger partial charge < -0.3 is 0 Å². The van der Waals surface area contributed by atoms with E-state index in [4.69, 9.17) is 34.8 Å². The fourth-order valence-corrected chi connectivity index (χ4v) is 9.86. The van der Waals surface area contributed by atoms with Crippen LogP contribution in [0.1, 0.15) is 25.3 Å². The van der Waals surface area contributed by atoms with Crippen molar-refractivity contribution >= 4 is 80.6 Å². The molecule has 0 saturated carbocycles. The largest absolute Gasteiger partial charge is 0.282 e. The highest BCUT2D eigenvalue weighted by molar-refractivity contribution is 7.94. The third-order valence-electron chi connectivity index (χ3n) is 5.39. The highest BCUT2D eigenvalue weighted by atomic mass is 35.5. The second-order valence-electron chi connectivity index (χ2n) is 8.75. The first-order valence-electron chi connectivity index (χ1n) is 11.8. The lowest BCUT2D eigenvalue weighted by atomic mass is 10.2. The van der Waals surface area contributed by atoms with Gasteiger partial charge in [0.15, 0.2) is 0 Å². The first-order valence-corrected chi connectivity index (χ1v) is 19.0. The Labute approximate surface area is 260 Å². The number of halogens is 3. The van der Waals surface area contributed by atoms with Crippen LogP contribution in [0.25, 0.3) is 0 Å². The number of hydrogen-bond donors (Lipinski definition) is 3. The molecule has 3 N–H and O–H groups in total. The van der Waals surface area contributed by atoms with E-state index in [0.29, 0.717) is 12.0 Å². The molecule has 0 aliphatic heterocycles. The van der Waals surface area contributed by atoms with Gasteiger partial charge in [0.25, 0.3) is 30.1 Å². The number of rotatable bonds is 13. The molecule has 0 bridgehead atoms. The quantitative estimate of drug-likeness (QED) is 0.173. The van der Waals surface area contributed by atoms with Crippen molar-refractivity contribution in [3.05, 3.63) is 81.3 Å². The minimum atomic E-state index is -5.24. The van der Waals surface area contributed by atoms with Crippen molar-refractivity contribution < 1.29 is 33.7 Å².